The molecule has 2 aromatic carbocycles. The second-order valence-corrected chi connectivity index (χ2v) is 6.60. The Morgan fingerprint density at radius 1 is 1.08 bits per heavy atom. The van der Waals surface area contributed by atoms with Crippen LogP contribution in [0.4, 0.5) is 5.69 Å². The molecule has 0 aromatic heterocycles. The average molecular weight is 359 g/mol. The molecule has 25 heavy (non-hydrogen) atoms. The van der Waals surface area contributed by atoms with Gasteiger partial charge in [0.1, 0.15) is 0 Å². The molecule has 2 rings (SSSR count). The first-order valence-corrected chi connectivity index (χ1v) is 8.60. The normalized spacial score (nSPS) is 10.4. The molecular formula is C20H23ClN2O2. The molecule has 0 atom stereocenters. The summed E-state index contributed by atoms with van der Waals surface area (Å²) in [5.41, 5.74) is 4.06. The van der Waals surface area contributed by atoms with E-state index in [-0.39, 0.29) is 18.4 Å². The van der Waals surface area contributed by atoms with Gasteiger partial charge in [0.05, 0.1) is 6.54 Å². The quantitative estimate of drug-likeness (QED) is 0.848. The summed E-state index contributed by atoms with van der Waals surface area (Å²) in [4.78, 5) is 25.6. The number of amides is 2. The Balaban J connectivity index is 1.94. The standard InChI is InChI=1S/C20H23ClN2O2/c1-14-7-8-19(11-15(14)2)22-20(25)13-23(16(3)24)10-9-17-5-4-6-18(21)12-17/h4-8,11-12H,9-10,13H2,1-3H3,(H,22,25). The minimum atomic E-state index is -0.204. The number of carbonyl (C=O) groups is 2. The van der Waals surface area contributed by atoms with Gasteiger partial charge in [0.2, 0.25) is 11.8 Å². The van der Waals surface area contributed by atoms with E-state index >= 15 is 0 Å². The van der Waals surface area contributed by atoms with E-state index in [0.29, 0.717) is 18.0 Å². The molecule has 0 spiro atoms. The zero-order valence-electron chi connectivity index (χ0n) is 14.8. The number of nitrogens with one attached hydrogen (secondary N) is 1. The minimum Gasteiger partial charge on any atom is -0.333 e. The first kappa shape index (κ1) is 19.0. The molecule has 132 valence electrons. The summed E-state index contributed by atoms with van der Waals surface area (Å²) in [7, 11) is 0. The van der Waals surface area contributed by atoms with Crippen molar-refractivity contribution in [3.63, 3.8) is 0 Å². The van der Waals surface area contributed by atoms with Crippen molar-refractivity contribution < 1.29 is 9.59 Å². The molecule has 0 saturated heterocycles. The molecule has 0 aliphatic carbocycles. The fourth-order valence-electron chi connectivity index (χ4n) is 2.50. The van der Waals surface area contributed by atoms with E-state index in [9.17, 15) is 9.59 Å². The van der Waals surface area contributed by atoms with Crippen LogP contribution >= 0.6 is 11.6 Å². The van der Waals surface area contributed by atoms with Crippen molar-refractivity contribution in [2.45, 2.75) is 27.2 Å². The fourth-order valence-corrected chi connectivity index (χ4v) is 2.71. The van der Waals surface area contributed by atoms with Gasteiger partial charge in [0, 0.05) is 24.2 Å². The molecule has 2 amide bonds. The van der Waals surface area contributed by atoms with E-state index in [1.165, 1.54) is 17.4 Å². The number of benzene rings is 2. The van der Waals surface area contributed by atoms with Crippen molar-refractivity contribution in [1.82, 2.24) is 4.90 Å². The molecule has 0 radical (unpaired) electrons. The second-order valence-electron chi connectivity index (χ2n) is 6.17. The van der Waals surface area contributed by atoms with Crippen LogP contribution in [0.15, 0.2) is 42.5 Å². The van der Waals surface area contributed by atoms with Crippen molar-refractivity contribution in [2.24, 2.45) is 0 Å². The lowest BCUT2D eigenvalue weighted by Crippen LogP contribution is -2.38. The molecule has 0 unspecified atom stereocenters. The molecule has 0 aliphatic rings. The number of halogens is 1. The molecule has 0 heterocycles. The fraction of sp³-hybridized carbons (Fsp3) is 0.300. The molecule has 0 bridgehead atoms. The largest absolute Gasteiger partial charge is 0.333 e. The van der Waals surface area contributed by atoms with E-state index in [2.05, 4.69) is 5.32 Å². The van der Waals surface area contributed by atoms with Gasteiger partial charge in [-0.3, -0.25) is 9.59 Å². The van der Waals surface area contributed by atoms with Gasteiger partial charge in [0.15, 0.2) is 0 Å². The maximum absolute atomic E-state index is 12.3. The van der Waals surface area contributed by atoms with Gasteiger partial charge in [-0.25, -0.2) is 0 Å². The zero-order valence-corrected chi connectivity index (χ0v) is 15.6. The Hall–Kier alpha value is -2.33. The Bertz CT molecular complexity index is 774. The van der Waals surface area contributed by atoms with Gasteiger partial charge >= 0.3 is 0 Å². The Labute approximate surface area is 153 Å². The van der Waals surface area contributed by atoms with Crippen molar-refractivity contribution >= 4 is 29.1 Å². The molecule has 0 saturated carbocycles. The highest BCUT2D eigenvalue weighted by Gasteiger charge is 2.14. The summed E-state index contributed by atoms with van der Waals surface area (Å²) in [6.45, 7) is 5.99. The summed E-state index contributed by atoms with van der Waals surface area (Å²) in [6, 6.07) is 13.3. The van der Waals surface area contributed by atoms with Crippen LogP contribution in [0.3, 0.4) is 0 Å². The molecule has 1 N–H and O–H groups in total. The van der Waals surface area contributed by atoms with Crippen LogP contribution in [0, 0.1) is 13.8 Å². The Kier molecular flexibility index (Phi) is 6.59. The van der Waals surface area contributed by atoms with Crippen LogP contribution in [-0.2, 0) is 16.0 Å². The van der Waals surface area contributed by atoms with E-state index in [0.717, 1.165) is 16.8 Å². The summed E-state index contributed by atoms with van der Waals surface area (Å²) in [5.74, 6) is -0.332. The third-order valence-corrected chi connectivity index (χ3v) is 4.36. The highest BCUT2D eigenvalue weighted by Crippen LogP contribution is 2.14. The van der Waals surface area contributed by atoms with Gasteiger partial charge in [-0.15, -0.1) is 0 Å². The lowest BCUT2D eigenvalue weighted by Gasteiger charge is -2.20. The summed E-state index contributed by atoms with van der Waals surface area (Å²) < 4.78 is 0. The third kappa shape index (κ3) is 5.91. The summed E-state index contributed by atoms with van der Waals surface area (Å²) in [5, 5.41) is 3.51. The molecule has 0 aliphatic heterocycles. The molecule has 2 aromatic rings. The van der Waals surface area contributed by atoms with Gasteiger partial charge in [-0.1, -0.05) is 29.8 Å². The van der Waals surface area contributed by atoms with Crippen molar-refractivity contribution in [2.75, 3.05) is 18.4 Å². The number of nitrogens with zero attached hydrogens (tertiary/aromatic N) is 1. The minimum absolute atomic E-state index is 0.0306. The second kappa shape index (κ2) is 8.67. The van der Waals surface area contributed by atoms with E-state index in [1.54, 1.807) is 0 Å². The van der Waals surface area contributed by atoms with Crippen molar-refractivity contribution in [1.29, 1.82) is 0 Å². The smallest absolute Gasteiger partial charge is 0.243 e. The topological polar surface area (TPSA) is 49.4 Å². The predicted octanol–water partition coefficient (Wildman–Crippen LogP) is 3.99. The van der Waals surface area contributed by atoms with Gasteiger partial charge in [-0.05, 0) is 61.2 Å². The molecule has 0 fully saturated rings. The van der Waals surface area contributed by atoms with Crippen LogP contribution in [0.25, 0.3) is 0 Å². The SMILES string of the molecule is CC(=O)N(CCc1cccc(Cl)c1)CC(=O)Nc1ccc(C)c(C)c1. The maximum atomic E-state index is 12.3. The van der Waals surface area contributed by atoms with Crippen LogP contribution in [0.2, 0.25) is 5.02 Å². The number of rotatable bonds is 6. The number of carbonyl (C=O) groups excluding carboxylic acids is 2. The van der Waals surface area contributed by atoms with Crippen molar-refractivity contribution in [3.8, 4) is 0 Å². The monoisotopic (exact) mass is 358 g/mol. The van der Waals surface area contributed by atoms with Gasteiger partial charge in [-0.2, -0.15) is 0 Å². The number of anilines is 1. The van der Waals surface area contributed by atoms with Gasteiger partial charge in [0.25, 0.3) is 0 Å². The molecule has 5 heteroatoms. The molecular weight excluding hydrogens is 336 g/mol. The molecule has 4 nitrogen and oxygen atoms in total. The van der Waals surface area contributed by atoms with Gasteiger partial charge < -0.3 is 10.2 Å². The van der Waals surface area contributed by atoms with Crippen LogP contribution in [0.5, 0.6) is 0 Å². The highest BCUT2D eigenvalue weighted by molar-refractivity contribution is 6.30. The van der Waals surface area contributed by atoms with E-state index < -0.39 is 0 Å². The lowest BCUT2D eigenvalue weighted by molar-refractivity contribution is -0.132. The van der Waals surface area contributed by atoms with E-state index in [1.807, 2.05) is 56.3 Å². The maximum Gasteiger partial charge on any atom is 0.243 e. The predicted molar refractivity (Wildman–Crippen MR) is 102 cm³/mol. The third-order valence-electron chi connectivity index (χ3n) is 4.13. The van der Waals surface area contributed by atoms with Crippen LogP contribution < -0.4 is 5.32 Å². The average Bonchev–Trinajstić information content (AvgIpc) is 2.54. The Morgan fingerprint density at radius 3 is 2.48 bits per heavy atom. The first-order chi connectivity index (χ1) is 11.8. The number of hydrogen-bond acceptors (Lipinski definition) is 2. The van der Waals surface area contributed by atoms with Crippen LogP contribution in [0.1, 0.15) is 23.6 Å². The summed E-state index contributed by atoms with van der Waals surface area (Å²) in [6.07, 6.45) is 0.650. The Morgan fingerprint density at radius 2 is 1.84 bits per heavy atom. The van der Waals surface area contributed by atoms with Crippen molar-refractivity contribution in [3.05, 3.63) is 64.2 Å². The summed E-state index contributed by atoms with van der Waals surface area (Å²) >= 11 is 5.98. The van der Waals surface area contributed by atoms with Crippen LogP contribution in [-0.4, -0.2) is 29.8 Å². The number of aryl methyl sites for hydroxylation is 2. The lowest BCUT2D eigenvalue weighted by atomic mass is 10.1. The zero-order chi connectivity index (χ0) is 18.4. The number of hydrogen-bond donors (Lipinski definition) is 1. The highest BCUT2D eigenvalue weighted by atomic mass is 35.5. The first-order valence-electron chi connectivity index (χ1n) is 8.22. The van der Waals surface area contributed by atoms with E-state index in [4.69, 9.17) is 11.6 Å².